The zero-order chi connectivity index (χ0) is 19.5. The number of benzene rings is 2. The maximum absolute atomic E-state index is 12.5. The number of carbonyl (C=O) groups is 1. The third-order valence-corrected chi connectivity index (χ3v) is 4.84. The standard InChI is InChI=1S/C20H26N2O3S/c1-13(2)16-8-10-17(11-9-16)15(4)21-20(23)18-7-6-14(3)19(12-18)22-26(5,24)25/h6-13,15,22H,1-5H3,(H,21,23)/t15-/m0/s1. The molecule has 0 unspecified atom stereocenters. The predicted molar refractivity (Wildman–Crippen MR) is 106 cm³/mol. The van der Waals surface area contributed by atoms with Gasteiger partial charge in [-0.15, -0.1) is 0 Å². The summed E-state index contributed by atoms with van der Waals surface area (Å²) < 4.78 is 25.4. The highest BCUT2D eigenvalue weighted by atomic mass is 32.2. The first-order chi connectivity index (χ1) is 12.1. The second-order valence-corrected chi connectivity index (χ2v) is 8.67. The maximum Gasteiger partial charge on any atom is 0.251 e. The minimum absolute atomic E-state index is 0.156. The van der Waals surface area contributed by atoms with Gasteiger partial charge in [0.1, 0.15) is 0 Å². The minimum Gasteiger partial charge on any atom is -0.346 e. The fourth-order valence-electron chi connectivity index (χ4n) is 2.61. The van der Waals surface area contributed by atoms with Crippen LogP contribution in [-0.2, 0) is 10.0 Å². The lowest BCUT2D eigenvalue weighted by Crippen LogP contribution is -2.26. The first kappa shape index (κ1) is 20.0. The number of aryl methyl sites for hydroxylation is 1. The Bertz CT molecular complexity index is 888. The van der Waals surface area contributed by atoms with Gasteiger partial charge in [-0.3, -0.25) is 9.52 Å². The molecule has 0 spiro atoms. The molecule has 0 aliphatic carbocycles. The Morgan fingerprint density at radius 3 is 2.08 bits per heavy atom. The van der Waals surface area contributed by atoms with Crippen molar-refractivity contribution in [2.75, 3.05) is 11.0 Å². The van der Waals surface area contributed by atoms with Crippen molar-refractivity contribution in [3.63, 3.8) is 0 Å². The van der Waals surface area contributed by atoms with Crippen LogP contribution in [0.2, 0.25) is 0 Å². The van der Waals surface area contributed by atoms with Gasteiger partial charge in [0.05, 0.1) is 18.0 Å². The Hall–Kier alpha value is -2.34. The molecule has 2 aromatic rings. The number of hydrogen-bond acceptors (Lipinski definition) is 3. The number of nitrogens with one attached hydrogen (secondary N) is 2. The molecule has 2 N–H and O–H groups in total. The first-order valence-electron chi connectivity index (χ1n) is 8.56. The third-order valence-electron chi connectivity index (χ3n) is 4.25. The summed E-state index contributed by atoms with van der Waals surface area (Å²) in [6, 6.07) is 13.0. The normalized spacial score (nSPS) is 12.7. The fourth-order valence-corrected chi connectivity index (χ4v) is 3.23. The van der Waals surface area contributed by atoms with Crippen LogP contribution in [0.15, 0.2) is 42.5 Å². The van der Waals surface area contributed by atoms with E-state index in [1.165, 1.54) is 5.56 Å². The molecule has 0 aromatic heterocycles. The van der Waals surface area contributed by atoms with Crippen LogP contribution < -0.4 is 10.0 Å². The zero-order valence-electron chi connectivity index (χ0n) is 15.8. The van der Waals surface area contributed by atoms with Gasteiger partial charge >= 0.3 is 0 Å². The highest BCUT2D eigenvalue weighted by Gasteiger charge is 2.14. The molecule has 1 atom stereocenters. The molecule has 0 saturated heterocycles. The van der Waals surface area contributed by atoms with E-state index < -0.39 is 10.0 Å². The molecule has 5 nitrogen and oxygen atoms in total. The molecule has 6 heteroatoms. The van der Waals surface area contributed by atoms with Crippen molar-refractivity contribution >= 4 is 21.6 Å². The van der Waals surface area contributed by atoms with Crippen molar-refractivity contribution in [3.05, 3.63) is 64.7 Å². The van der Waals surface area contributed by atoms with E-state index in [4.69, 9.17) is 0 Å². The van der Waals surface area contributed by atoms with E-state index in [-0.39, 0.29) is 11.9 Å². The van der Waals surface area contributed by atoms with E-state index in [1.807, 2.05) is 19.1 Å². The number of sulfonamides is 1. The highest BCUT2D eigenvalue weighted by Crippen LogP contribution is 2.21. The number of amides is 1. The van der Waals surface area contributed by atoms with E-state index >= 15 is 0 Å². The summed E-state index contributed by atoms with van der Waals surface area (Å²) in [6.45, 7) is 7.99. The van der Waals surface area contributed by atoms with Crippen LogP contribution in [0, 0.1) is 6.92 Å². The van der Waals surface area contributed by atoms with Crippen LogP contribution in [-0.4, -0.2) is 20.6 Å². The molecular formula is C20H26N2O3S. The van der Waals surface area contributed by atoms with Gasteiger partial charge in [0.15, 0.2) is 0 Å². The molecule has 2 rings (SSSR count). The van der Waals surface area contributed by atoms with Crippen molar-refractivity contribution in [2.24, 2.45) is 0 Å². The van der Waals surface area contributed by atoms with Crippen LogP contribution in [0.4, 0.5) is 5.69 Å². The summed E-state index contributed by atoms with van der Waals surface area (Å²) in [5.41, 5.74) is 3.84. The second-order valence-electron chi connectivity index (χ2n) is 6.92. The summed E-state index contributed by atoms with van der Waals surface area (Å²) in [5.74, 6) is 0.212. The fraction of sp³-hybridized carbons (Fsp3) is 0.350. The topological polar surface area (TPSA) is 75.3 Å². The van der Waals surface area contributed by atoms with E-state index in [9.17, 15) is 13.2 Å². The predicted octanol–water partition coefficient (Wildman–Crippen LogP) is 3.98. The lowest BCUT2D eigenvalue weighted by atomic mass is 9.99. The van der Waals surface area contributed by atoms with Gasteiger partial charge in [-0.1, -0.05) is 44.2 Å². The molecule has 0 heterocycles. The molecule has 1 amide bonds. The lowest BCUT2D eigenvalue weighted by Gasteiger charge is -2.16. The second kappa shape index (κ2) is 7.91. The lowest BCUT2D eigenvalue weighted by molar-refractivity contribution is 0.0940. The molecule has 140 valence electrons. The number of hydrogen-bond donors (Lipinski definition) is 2. The van der Waals surface area contributed by atoms with Gasteiger partial charge in [0, 0.05) is 5.56 Å². The zero-order valence-corrected chi connectivity index (χ0v) is 16.6. The van der Waals surface area contributed by atoms with Gasteiger partial charge in [-0.05, 0) is 48.6 Å². The molecule has 0 saturated carbocycles. The van der Waals surface area contributed by atoms with Gasteiger partial charge in [0.25, 0.3) is 5.91 Å². The Morgan fingerprint density at radius 2 is 1.54 bits per heavy atom. The molecular weight excluding hydrogens is 348 g/mol. The smallest absolute Gasteiger partial charge is 0.251 e. The van der Waals surface area contributed by atoms with Crippen molar-refractivity contribution in [2.45, 2.75) is 39.7 Å². The van der Waals surface area contributed by atoms with E-state index in [0.29, 0.717) is 17.2 Å². The molecule has 0 bridgehead atoms. The number of anilines is 1. The van der Waals surface area contributed by atoms with E-state index in [0.717, 1.165) is 17.4 Å². The summed E-state index contributed by atoms with van der Waals surface area (Å²) in [6.07, 6.45) is 1.09. The van der Waals surface area contributed by atoms with Crippen LogP contribution in [0.25, 0.3) is 0 Å². The SMILES string of the molecule is Cc1ccc(C(=O)N[C@@H](C)c2ccc(C(C)C)cc2)cc1NS(C)(=O)=O. The summed E-state index contributed by atoms with van der Waals surface area (Å²) in [4.78, 5) is 12.5. The van der Waals surface area contributed by atoms with Crippen molar-refractivity contribution < 1.29 is 13.2 Å². The average molecular weight is 375 g/mol. The first-order valence-corrected chi connectivity index (χ1v) is 10.4. The summed E-state index contributed by atoms with van der Waals surface area (Å²) in [5, 5.41) is 2.95. The van der Waals surface area contributed by atoms with E-state index in [1.54, 1.807) is 25.1 Å². The Kier molecular flexibility index (Phi) is 6.08. The highest BCUT2D eigenvalue weighted by molar-refractivity contribution is 7.92. The van der Waals surface area contributed by atoms with E-state index in [2.05, 4.69) is 36.0 Å². The molecule has 0 aliphatic heterocycles. The average Bonchev–Trinajstić information content (AvgIpc) is 2.55. The Morgan fingerprint density at radius 1 is 0.962 bits per heavy atom. The van der Waals surface area contributed by atoms with Crippen LogP contribution in [0.1, 0.15) is 59.8 Å². The van der Waals surface area contributed by atoms with Gasteiger partial charge < -0.3 is 5.32 Å². The van der Waals surface area contributed by atoms with Crippen LogP contribution in [0.5, 0.6) is 0 Å². The van der Waals surface area contributed by atoms with Gasteiger partial charge in [-0.25, -0.2) is 8.42 Å². The monoisotopic (exact) mass is 374 g/mol. The summed E-state index contributed by atoms with van der Waals surface area (Å²) in [7, 11) is -3.40. The van der Waals surface area contributed by atoms with Gasteiger partial charge in [0.2, 0.25) is 10.0 Å². The van der Waals surface area contributed by atoms with Crippen molar-refractivity contribution in [3.8, 4) is 0 Å². The molecule has 26 heavy (non-hydrogen) atoms. The summed E-state index contributed by atoms with van der Waals surface area (Å²) >= 11 is 0. The molecule has 0 aliphatic rings. The van der Waals surface area contributed by atoms with Gasteiger partial charge in [-0.2, -0.15) is 0 Å². The maximum atomic E-state index is 12.5. The van der Waals surface area contributed by atoms with Crippen LogP contribution in [0.3, 0.4) is 0 Å². The Labute approximate surface area is 155 Å². The number of rotatable bonds is 6. The Balaban J connectivity index is 2.15. The quantitative estimate of drug-likeness (QED) is 0.803. The van der Waals surface area contributed by atoms with Crippen LogP contribution >= 0.6 is 0 Å². The molecule has 0 radical (unpaired) electrons. The molecule has 2 aromatic carbocycles. The third kappa shape index (κ3) is 5.33. The van der Waals surface area contributed by atoms with Crippen molar-refractivity contribution in [1.29, 1.82) is 0 Å². The van der Waals surface area contributed by atoms with Crippen molar-refractivity contribution in [1.82, 2.24) is 5.32 Å². The molecule has 0 fully saturated rings. The number of carbonyl (C=O) groups excluding carboxylic acids is 1. The largest absolute Gasteiger partial charge is 0.346 e. The minimum atomic E-state index is -3.40.